The van der Waals surface area contributed by atoms with Gasteiger partial charge in [-0.25, -0.2) is 0 Å². The van der Waals surface area contributed by atoms with Crippen LogP contribution in [0.5, 0.6) is 0 Å². The van der Waals surface area contributed by atoms with E-state index in [0.717, 1.165) is 37.7 Å². The van der Waals surface area contributed by atoms with Crippen molar-refractivity contribution in [3.05, 3.63) is 0 Å². The zero-order valence-corrected chi connectivity index (χ0v) is 14.9. The summed E-state index contributed by atoms with van der Waals surface area (Å²) in [5, 5.41) is 12.3. The summed E-state index contributed by atoms with van der Waals surface area (Å²) in [4.78, 5) is 13.2. The Morgan fingerprint density at radius 2 is 1.90 bits per heavy atom. The van der Waals surface area contributed by atoms with Crippen LogP contribution in [-0.2, 0) is 30.4 Å². The van der Waals surface area contributed by atoms with E-state index in [4.69, 9.17) is 10.8 Å². The summed E-state index contributed by atoms with van der Waals surface area (Å²) in [5.41, 5.74) is 4.76. The third-order valence-corrected chi connectivity index (χ3v) is 3.82. The molecule has 0 aromatic heterocycles. The molecule has 0 unspecified atom stereocenters. The van der Waals surface area contributed by atoms with Crippen LogP contribution < -0.4 is 11.1 Å². The molecule has 9 heteroatoms. The van der Waals surface area contributed by atoms with Crippen molar-refractivity contribution in [1.82, 2.24) is 10.2 Å². The minimum Gasteiger partial charge on any atom is -2.00 e. The first kappa shape index (κ1) is 22.9. The molecule has 0 atom stereocenters. The van der Waals surface area contributed by atoms with E-state index in [1.165, 1.54) is 0 Å². The molecule has 0 aromatic rings. The van der Waals surface area contributed by atoms with Gasteiger partial charge in [0.15, 0.2) is 0 Å². The number of carbonyl (C=O) groups is 1. The van der Waals surface area contributed by atoms with Crippen molar-refractivity contribution in [2.75, 3.05) is 37.7 Å². The Hall–Kier alpha value is 0.659. The van der Waals surface area contributed by atoms with Gasteiger partial charge >= 0.3 is 5.97 Å². The third kappa shape index (κ3) is 6.61. The second-order valence-corrected chi connectivity index (χ2v) is 5.65. The predicted molar refractivity (Wildman–Crippen MR) is 80.4 cm³/mol. The number of hydrogen-bond acceptors (Lipinski definition) is 6. The van der Waals surface area contributed by atoms with Crippen LogP contribution in [0.4, 0.5) is 0 Å². The Balaban J connectivity index is 0. The summed E-state index contributed by atoms with van der Waals surface area (Å²) in [6.45, 7) is 3.54. The summed E-state index contributed by atoms with van der Waals surface area (Å²) in [7, 11) is 0. The topological polar surface area (TPSA) is 107 Å². The first-order chi connectivity index (χ1) is 8.53. The van der Waals surface area contributed by atoms with E-state index >= 15 is 0 Å². The van der Waals surface area contributed by atoms with E-state index in [0.29, 0.717) is 12.8 Å². The van der Waals surface area contributed by atoms with Crippen LogP contribution in [0.3, 0.4) is 0 Å². The fourth-order valence-electron chi connectivity index (χ4n) is 2.25. The zero-order valence-electron chi connectivity index (χ0n) is 11.3. The molecule has 1 fully saturated rings. The molecule has 6 nitrogen and oxygen atoms in total. The molecule has 4 N–H and O–H groups in total. The molecule has 0 amide bonds. The summed E-state index contributed by atoms with van der Waals surface area (Å²) < 4.78 is 0. The van der Waals surface area contributed by atoms with Crippen molar-refractivity contribution in [3.8, 4) is 0 Å². The number of aliphatic carboxylic acids is 1. The number of nitrogens with zero attached hydrogens (tertiary/aromatic N) is 1. The zero-order chi connectivity index (χ0) is 13.6. The average molecular weight is 408 g/mol. The van der Waals surface area contributed by atoms with Gasteiger partial charge < -0.3 is 21.6 Å². The van der Waals surface area contributed by atoms with Crippen LogP contribution in [0, 0.1) is 0 Å². The Bertz CT molecular complexity index is 282. The summed E-state index contributed by atoms with van der Waals surface area (Å²) in [5.74, 6) is 0.701. The van der Waals surface area contributed by atoms with Gasteiger partial charge in [-0.1, -0.05) is 0 Å². The normalized spacial score (nSPS) is 24.5. The van der Waals surface area contributed by atoms with E-state index in [2.05, 4.69) is 35.5 Å². The van der Waals surface area contributed by atoms with Gasteiger partial charge in [0.1, 0.15) is 5.54 Å². The molecule has 0 heterocycles. The fourth-order valence-corrected chi connectivity index (χ4v) is 2.66. The molecular formula is C11H23N3O3S2Tc-2. The van der Waals surface area contributed by atoms with E-state index in [-0.39, 0.29) is 31.6 Å². The molecule has 121 valence electrons. The Labute approximate surface area is 144 Å². The van der Waals surface area contributed by atoms with Gasteiger partial charge in [0.2, 0.25) is 0 Å². The smallest absolute Gasteiger partial charge is 0.323 e. The van der Waals surface area contributed by atoms with Crippen molar-refractivity contribution >= 4 is 31.2 Å². The van der Waals surface area contributed by atoms with Crippen molar-refractivity contribution < 1.29 is 35.5 Å². The van der Waals surface area contributed by atoms with Crippen molar-refractivity contribution in [3.63, 3.8) is 0 Å². The molecule has 0 saturated heterocycles. The van der Waals surface area contributed by atoms with Gasteiger partial charge in [0.25, 0.3) is 0 Å². The molecule has 20 heavy (non-hydrogen) atoms. The van der Waals surface area contributed by atoms with Crippen LogP contribution in [0.15, 0.2) is 0 Å². The molecule has 1 aliphatic rings. The van der Waals surface area contributed by atoms with Crippen LogP contribution in [0.1, 0.15) is 12.8 Å². The molecule has 0 spiro atoms. The summed E-state index contributed by atoms with van der Waals surface area (Å²) in [6.07, 6.45) is 1.06. The van der Waals surface area contributed by atoms with Gasteiger partial charge in [0, 0.05) is 63.8 Å². The molecular weight excluding hydrogens is 385 g/mol. The Kier molecular flexibility index (Phi) is 12.9. The third-order valence-electron chi connectivity index (χ3n) is 3.39. The van der Waals surface area contributed by atoms with Crippen LogP contribution in [-0.4, -0.2) is 65.2 Å². The number of nitrogens with two attached hydrogens (primary N) is 1. The number of thiol groups is 2. The second-order valence-electron chi connectivity index (χ2n) is 4.76. The van der Waals surface area contributed by atoms with Crippen LogP contribution in [0.25, 0.3) is 0 Å². The number of carboxylic acid groups (broad SMARTS) is 1. The monoisotopic (exact) mass is 408 g/mol. The minimum atomic E-state index is -1.02. The molecule has 1 aliphatic carbocycles. The molecule has 1 radical (unpaired) electrons. The standard InChI is InChI=1S/C11H23N3O2S2.O.Tc/c12-11(10(15)16)7-9(8-11)14(4-6-18)3-1-13-2-5-17;;/h9,13,17-18H,1-8,12H2,(H,15,16);;/q;-2;/i;;1+1. The largest absolute Gasteiger partial charge is 2.00 e. The van der Waals surface area contributed by atoms with Crippen LogP contribution in [0.2, 0.25) is 0 Å². The van der Waals surface area contributed by atoms with Gasteiger partial charge in [-0.2, -0.15) is 25.3 Å². The fraction of sp³-hybridized carbons (Fsp3) is 0.909. The number of carboxylic acids is 1. The van der Waals surface area contributed by atoms with Gasteiger partial charge in [0.05, 0.1) is 0 Å². The van der Waals surface area contributed by atoms with E-state index in [9.17, 15) is 4.79 Å². The average Bonchev–Trinajstić information content (AvgIpc) is 2.29. The number of nitrogens with one attached hydrogen (secondary N) is 1. The summed E-state index contributed by atoms with van der Waals surface area (Å²) in [6, 6.07) is 0.274. The Morgan fingerprint density at radius 1 is 1.30 bits per heavy atom. The molecule has 0 aromatic carbocycles. The SMILES string of the molecule is NC1(C(=O)O)CC(N(CCS)CCNCCS)C1.[99Tc].[O-2]. The quantitative estimate of drug-likeness (QED) is 0.263. The molecule has 1 saturated carbocycles. The molecule has 1 rings (SSSR count). The van der Waals surface area contributed by atoms with Crippen molar-refractivity contribution in [2.24, 2.45) is 5.73 Å². The predicted octanol–water partition coefficient (Wildman–Crippen LogP) is -0.439. The van der Waals surface area contributed by atoms with E-state index < -0.39 is 11.5 Å². The first-order valence-electron chi connectivity index (χ1n) is 6.22. The Morgan fingerprint density at radius 3 is 2.35 bits per heavy atom. The molecule has 0 aliphatic heterocycles. The van der Waals surface area contributed by atoms with E-state index in [1.807, 2.05) is 0 Å². The maximum atomic E-state index is 10.9. The first-order valence-corrected chi connectivity index (χ1v) is 7.49. The minimum absolute atomic E-state index is 0. The van der Waals surface area contributed by atoms with Crippen molar-refractivity contribution in [2.45, 2.75) is 24.4 Å². The molecule has 0 bridgehead atoms. The second kappa shape index (κ2) is 11.3. The summed E-state index contributed by atoms with van der Waals surface area (Å²) >= 11 is 8.37. The van der Waals surface area contributed by atoms with Crippen molar-refractivity contribution in [1.29, 1.82) is 0 Å². The van der Waals surface area contributed by atoms with Gasteiger partial charge in [-0.05, 0) is 12.8 Å². The maximum Gasteiger partial charge on any atom is 0.323 e. The number of hydrogen-bond donors (Lipinski definition) is 5. The number of rotatable bonds is 9. The van der Waals surface area contributed by atoms with Crippen LogP contribution >= 0.6 is 25.3 Å². The van der Waals surface area contributed by atoms with E-state index in [1.54, 1.807) is 0 Å². The van der Waals surface area contributed by atoms with Gasteiger partial charge in [-0.15, -0.1) is 0 Å². The maximum absolute atomic E-state index is 10.9. The van der Waals surface area contributed by atoms with Gasteiger partial charge in [-0.3, -0.25) is 9.69 Å².